The minimum absolute atomic E-state index is 0.00308. The minimum atomic E-state index is -0.465. The molecule has 0 aliphatic heterocycles. The summed E-state index contributed by atoms with van der Waals surface area (Å²) in [5, 5.41) is 21.3. The van der Waals surface area contributed by atoms with Gasteiger partial charge >= 0.3 is 0 Å². The maximum absolute atomic E-state index is 11.9. The molecule has 2 aromatic rings. The van der Waals surface area contributed by atoms with E-state index in [1.165, 1.54) is 53.1 Å². The van der Waals surface area contributed by atoms with Gasteiger partial charge in [0.15, 0.2) is 8.68 Å². The Balaban J connectivity index is 1.93. The second-order valence-electron chi connectivity index (χ2n) is 4.13. The summed E-state index contributed by atoms with van der Waals surface area (Å²) in [6, 6.07) is 4.33. The third kappa shape index (κ3) is 4.42. The van der Waals surface area contributed by atoms with E-state index in [9.17, 15) is 14.9 Å². The third-order valence-electron chi connectivity index (χ3n) is 2.58. The van der Waals surface area contributed by atoms with Crippen LogP contribution in [0.2, 0.25) is 0 Å². The Morgan fingerprint density at radius 1 is 1.41 bits per heavy atom. The number of aromatic nitrogens is 2. The number of anilines is 1. The van der Waals surface area contributed by atoms with Gasteiger partial charge in [-0.2, -0.15) is 0 Å². The van der Waals surface area contributed by atoms with Gasteiger partial charge in [0, 0.05) is 17.8 Å². The van der Waals surface area contributed by atoms with Crippen molar-refractivity contribution in [2.24, 2.45) is 0 Å². The maximum atomic E-state index is 11.9. The molecule has 1 aromatic heterocycles. The number of thioether (sulfide) groups is 2. The molecule has 0 spiro atoms. The van der Waals surface area contributed by atoms with Crippen LogP contribution in [0, 0.1) is 17.0 Å². The van der Waals surface area contributed by atoms with Crippen molar-refractivity contribution < 1.29 is 9.72 Å². The van der Waals surface area contributed by atoms with E-state index < -0.39 is 4.92 Å². The van der Waals surface area contributed by atoms with Crippen LogP contribution in [0.4, 0.5) is 11.4 Å². The van der Waals surface area contributed by atoms with Crippen LogP contribution in [0.5, 0.6) is 0 Å². The summed E-state index contributed by atoms with van der Waals surface area (Å²) >= 11 is 4.26. The number of carbonyl (C=O) groups is 1. The van der Waals surface area contributed by atoms with E-state index in [4.69, 9.17) is 0 Å². The zero-order valence-corrected chi connectivity index (χ0v) is 14.2. The lowest BCUT2D eigenvalue weighted by Gasteiger charge is -2.07. The van der Waals surface area contributed by atoms with Gasteiger partial charge in [-0.3, -0.25) is 14.9 Å². The van der Waals surface area contributed by atoms with Gasteiger partial charge in [0.1, 0.15) is 0 Å². The summed E-state index contributed by atoms with van der Waals surface area (Å²) in [6.07, 6.45) is 1.92. The van der Waals surface area contributed by atoms with Crippen LogP contribution in [-0.4, -0.2) is 33.0 Å². The molecule has 0 saturated carbocycles. The molecule has 1 heterocycles. The molecule has 22 heavy (non-hydrogen) atoms. The molecule has 0 radical (unpaired) electrons. The van der Waals surface area contributed by atoms with Crippen LogP contribution in [-0.2, 0) is 4.79 Å². The van der Waals surface area contributed by atoms with E-state index in [1.54, 1.807) is 6.92 Å². The standard InChI is InChI=1S/C12H12N4O3S3/c1-7-5-8(16(18)19)3-4-9(7)13-10(17)6-21-12-15-14-11(20-2)22-12/h3-5H,6H2,1-2H3,(H,13,17). The molecule has 10 heteroatoms. The Kier molecular flexibility index (Phi) is 5.75. The van der Waals surface area contributed by atoms with Crippen molar-refractivity contribution in [3.63, 3.8) is 0 Å². The number of hydrogen-bond donors (Lipinski definition) is 1. The molecule has 1 aromatic carbocycles. The van der Waals surface area contributed by atoms with Crippen molar-refractivity contribution in [3.05, 3.63) is 33.9 Å². The van der Waals surface area contributed by atoms with E-state index in [0.29, 0.717) is 11.3 Å². The number of amides is 1. The SMILES string of the molecule is CSc1nnc(SCC(=O)Nc2ccc([N+](=O)[O-])cc2C)s1. The highest BCUT2D eigenvalue weighted by molar-refractivity contribution is 8.03. The van der Waals surface area contributed by atoms with Gasteiger partial charge in [-0.25, -0.2) is 0 Å². The summed E-state index contributed by atoms with van der Waals surface area (Å²) in [5.41, 5.74) is 1.22. The number of nitrogens with one attached hydrogen (secondary N) is 1. The Bertz CT molecular complexity index is 705. The summed E-state index contributed by atoms with van der Waals surface area (Å²) in [6.45, 7) is 1.71. The van der Waals surface area contributed by atoms with Crippen molar-refractivity contribution >= 4 is 52.1 Å². The fourth-order valence-corrected chi connectivity index (χ4v) is 3.79. The highest BCUT2D eigenvalue weighted by Gasteiger charge is 2.11. The van der Waals surface area contributed by atoms with Crippen molar-refractivity contribution in [1.82, 2.24) is 10.2 Å². The van der Waals surface area contributed by atoms with Gasteiger partial charge < -0.3 is 5.32 Å². The monoisotopic (exact) mass is 356 g/mol. The smallest absolute Gasteiger partial charge is 0.269 e. The van der Waals surface area contributed by atoms with E-state index in [-0.39, 0.29) is 17.3 Å². The van der Waals surface area contributed by atoms with Gasteiger partial charge in [0.2, 0.25) is 5.91 Å². The minimum Gasteiger partial charge on any atom is -0.325 e. The first-order valence-corrected chi connectivity index (χ1v) is 9.07. The van der Waals surface area contributed by atoms with Crippen molar-refractivity contribution in [2.75, 3.05) is 17.3 Å². The maximum Gasteiger partial charge on any atom is 0.269 e. The lowest BCUT2D eigenvalue weighted by Crippen LogP contribution is -2.14. The molecular formula is C12H12N4O3S3. The molecule has 0 atom stereocenters. The molecule has 0 aliphatic rings. The molecule has 0 bridgehead atoms. The summed E-state index contributed by atoms with van der Waals surface area (Å²) in [4.78, 5) is 22.1. The number of nitrogens with zero attached hydrogens (tertiary/aromatic N) is 3. The molecular weight excluding hydrogens is 344 g/mol. The predicted octanol–water partition coefficient (Wildman–Crippen LogP) is 3.21. The normalized spacial score (nSPS) is 10.5. The van der Waals surface area contributed by atoms with Crippen LogP contribution < -0.4 is 5.32 Å². The first-order valence-electron chi connectivity index (χ1n) is 6.05. The number of rotatable bonds is 6. The fourth-order valence-electron chi connectivity index (χ4n) is 1.55. The molecule has 1 N–H and O–H groups in total. The van der Waals surface area contributed by atoms with Gasteiger partial charge in [-0.1, -0.05) is 34.9 Å². The Morgan fingerprint density at radius 2 is 2.14 bits per heavy atom. The number of hydrogen-bond acceptors (Lipinski definition) is 8. The van der Waals surface area contributed by atoms with Crippen LogP contribution in [0.15, 0.2) is 26.9 Å². The van der Waals surface area contributed by atoms with Gasteiger partial charge in [-0.05, 0) is 24.8 Å². The molecule has 0 fully saturated rings. The number of non-ortho nitro benzene ring substituents is 1. The highest BCUT2D eigenvalue weighted by atomic mass is 32.2. The molecule has 1 amide bonds. The van der Waals surface area contributed by atoms with Crippen LogP contribution in [0.1, 0.15) is 5.56 Å². The topological polar surface area (TPSA) is 98.0 Å². The average Bonchev–Trinajstić information content (AvgIpc) is 2.95. The number of aryl methyl sites for hydroxylation is 1. The average molecular weight is 356 g/mol. The van der Waals surface area contributed by atoms with E-state index in [1.807, 2.05) is 6.26 Å². The van der Waals surface area contributed by atoms with Crippen LogP contribution in [0.25, 0.3) is 0 Å². The number of nitro groups is 1. The Labute approximate surface area is 139 Å². The zero-order valence-electron chi connectivity index (χ0n) is 11.7. The van der Waals surface area contributed by atoms with Crippen molar-refractivity contribution in [1.29, 1.82) is 0 Å². The quantitative estimate of drug-likeness (QED) is 0.482. The van der Waals surface area contributed by atoms with E-state index in [2.05, 4.69) is 15.5 Å². The zero-order chi connectivity index (χ0) is 16.1. The molecule has 0 saturated heterocycles. The first-order chi connectivity index (χ1) is 10.5. The number of benzene rings is 1. The Hall–Kier alpha value is -1.65. The second-order valence-corrected chi connectivity index (χ2v) is 7.38. The predicted molar refractivity (Wildman–Crippen MR) is 88.9 cm³/mol. The molecule has 116 valence electrons. The van der Waals surface area contributed by atoms with Gasteiger partial charge in [0.25, 0.3) is 5.69 Å². The van der Waals surface area contributed by atoms with Crippen molar-refractivity contribution in [2.45, 2.75) is 15.6 Å². The van der Waals surface area contributed by atoms with Gasteiger partial charge in [0.05, 0.1) is 10.7 Å². The highest BCUT2D eigenvalue weighted by Crippen LogP contribution is 2.27. The number of nitro benzene ring substituents is 1. The Morgan fingerprint density at radius 3 is 2.73 bits per heavy atom. The lowest BCUT2D eigenvalue weighted by atomic mass is 10.2. The second kappa shape index (κ2) is 7.56. The summed E-state index contributed by atoms with van der Waals surface area (Å²) < 4.78 is 1.59. The first kappa shape index (κ1) is 16.7. The molecule has 7 nitrogen and oxygen atoms in total. The lowest BCUT2D eigenvalue weighted by molar-refractivity contribution is -0.384. The van der Waals surface area contributed by atoms with Crippen molar-refractivity contribution in [3.8, 4) is 0 Å². The summed E-state index contributed by atoms with van der Waals surface area (Å²) in [7, 11) is 0. The summed E-state index contributed by atoms with van der Waals surface area (Å²) in [5.74, 6) is 0.0160. The third-order valence-corrected chi connectivity index (χ3v) is 5.62. The molecule has 2 rings (SSSR count). The molecule has 0 aliphatic carbocycles. The molecule has 0 unspecified atom stereocenters. The largest absolute Gasteiger partial charge is 0.325 e. The van der Waals surface area contributed by atoms with Crippen LogP contribution >= 0.6 is 34.9 Å². The van der Waals surface area contributed by atoms with E-state index in [0.717, 1.165) is 8.68 Å². The van der Waals surface area contributed by atoms with E-state index >= 15 is 0 Å². The number of carbonyl (C=O) groups excluding carboxylic acids is 1. The van der Waals surface area contributed by atoms with Gasteiger partial charge in [-0.15, -0.1) is 10.2 Å². The fraction of sp³-hybridized carbons (Fsp3) is 0.250. The van der Waals surface area contributed by atoms with Crippen LogP contribution in [0.3, 0.4) is 0 Å².